The van der Waals surface area contributed by atoms with Crippen LogP contribution in [0.2, 0.25) is 0 Å². The van der Waals surface area contributed by atoms with Gasteiger partial charge in [-0.25, -0.2) is 9.18 Å². The molecule has 7 heteroatoms. The number of nitrogens with zero attached hydrogens (tertiary/aromatic N) is 1. The highest BCUT2D eigenvalue weighted by Gasteiger charge is 2.43. The van der Waals surface area contributed by atoms with Crippen molar-refractivity contribution in [1.29, 1.82) is 0 Å². The van der Waals surface area contributed by atoms with Gasteiger partial charge in [-0.1, -0.05) is 6.07 Å². The number of methoxy groups -OCH3 is 2. The zero-order valence-corrected chi connectivity index (χ0v) is 15.4. The maximum atomic E-state index is 13.3. The summed E-state index contributed by atoms with van der Waals surface area (Å²) in [5.74, 6) is -0.418. The molecule has 2 aromatic rings. The van der Waals surface area contributed by atoms with Crippen molar-refractivity contribution in [3.63, 3.8) is 0 Å². The minimum atomic E-state index is -0.491. The molecule has 0 fully saturated rings. The fraction of sp³-hybridized carbons (Fsp3) is 0.238. The van der Waals surface area contributed by atoms with Gasteiger partial charge in [0.2, 0.25) is 5.91 Å². The lowest BCUT2D eigenvalue weighted by Crippen LogP contribution is -2.37. The lowest BCUT2D eigenvalue weighted by Gasteiger charge is -2.32. The first-order valence-electron chi connectivity index (χ1n) is 8.74. The molecule has 0 saturated carbocycles. The number of carbonyl (C=O) groups excluding carboxylic acids is 2. The summed E-state index contributed by atoms with van der Waals surface area (Å²) in [5, 5.41) is 0. The van der Waals surface area contributed by atoms with Crippen LogP contribution < -0.4 is 14.4 Å². The molecule has 2 aliphatic rings. The van der Waals surface area contributed by atoms with Crippen molar-refractivity contribution < 1.29 is 28.2 Å². The standard InChI is InChI=1S/C21H18FNO5/c1-26-14-7-8-15(18(9-14)27-2)16-10-19(24)23(13-5-3-12(22)4-6-13)17-11-28-21(25)20(16)17/h3-9,16H,10-11H2,1-2H3/t16-/m1/s1. The summed E-state index contributed by atoms with van der Waals surface area (Å²) < 4.78 is 29.2. The van der Waals surface area contributed by atoms with Crippen molar-refractivity contribution in [2.24, 2.45) is 0 Å². The third-order valence-corrected chi connectivity index (χ3v) is 5.02. The highest BCUT2D eigenvalue weighted by atomic mass is 19.1. The Hall–Kier alpha value is -3.35. The molecule has 2 aromatic carbocycles. The molecule has 144 valence electrons. The van der Waals surface area contributed by atoms with Gasteiger partial charge in [0, 0.05) is 29.7 Å². The molecule has 0 saturated heterocycles. The summed E-state index contributed by atoms with van der Waals surface area (Å²) in [6.45, 7) is -0.00769. The summed E-state index contributed by atoms with van der Waals surface area (Å²) in [4.78, 5) is 26.9. The first-order valence-corrected chi connectivity index (χ1v) is 8.74. The second-order valence-electron chi connectivity index (χ2n) is 6.51. The van der Waals surface area contributed by atoms with E-state index in [0.717, 1.165) is 0 Å². The quantitative estimate of drug-likeness (QED) is 0.759. The lowest BCUT2D eigenvalue weighted by atomic mass is 9.83. The largest absolute Gasteiger partial charge is 0.497 e. The molecule has 2 heterocycles. The van der Waals surface area contributed by atoms with E-state index in [1.807, 2.05) is 0 Å². The molecule has 4 rings (SSSR count). The number of anilines is 1. The lowest BCUT2D eigenvalue weighted by molar-refractivity contribution is -0.136. The second kappa shape index (κ2) is 6.99. The zero-order chi connectivity index (χ0) is 19.8. The van der Waals surface area contributed by atoms with Crippen LogP contribution in [0.25, 0.3) is 0 Å². The maximum Gasteiger partial charge on any atom is 0.336 e. The zero-order valence-electron chi connectivity index (χ0n) is 15.4. The third-order valence-electron chi connectivity index (χ3n) is 5.02. The molecule has 0 bridgehead atoms. The maximum absolute atomic E-state index is 13.3. The molecule has 0 spiro atoms. The van der Waals surface area contributed by atoms with E-state index in [4.69, 9.17) is 14.2 Å². The van der Waals surface area contributed by atoms with Crippen molar-refractivity contribution in [2.45, 2.75) is 12.3 Å². The number of hydrogen-bond acceptors (Lipinski definition) is 5. The van der Waals surface area contributed by atoms with E-state index >= 15 is 0 Å². The molecule has 6 nitrogen and oxygen atoms in total. The van der Waals surface area contributed by atoms with Crippen molar-refractivity contribution in [2.75, 3.05) is 25.7 Å². The minimum Gasteiger partial charge on any atom is -0.497 e. The van der Waals surface area contributed by atoms with E-state index in [1.165, 1.54) is 36.3 Å². The molecule has 0 N–H and O–H groups in total. The number of esters is 1. The van der Waals surface area contributed by atoms with Crippen molar-refractivity contribution in [3.05, 3.63) is 65.1 Å². The topological polar surface area (TPSA) is 65.1 Å². The highest BCUT2D eigenvalue weighted by molar-refractivity contribution is 6.06. The van der Waals surface area contributed by atoms with Gasteiger partial charge in [0.25, 0.3) is 0 Å². The average molecular weight is 383 g/mol. The Morgan fingerprint density at radius 1 is 1.07 bits per heavy atom. The van der Waals surface area contributed by atoms with Gasteiger partial charge in [-0.15, -0.1) is 0 Å². The van der Waals surface area contributed by atoms with E-state index in [-0.39, 0.29) is 18.9 Å². The van der Waals surface area contributed by atoms with Gasteiger partial charge in [0.15, 0.2) is 0 Å². The van der Waals surface area contributed by atoms with E-state index in [0.29, 0.717) is 34.0 Å². The second-order valence-corrected chi connectivity index (χ2v) is 6.51. The molecule has 0 aliphatic carbocycles. The summed E-state index contributed by atoms with van der Waals surface area (Å²) in [6.07, 6.45) is 0.0635. The van der Waals surface area contributed by atoms with Crippen LogP contribution in [0, 0.1) is 5.82 Å². The summed E-state index contributed by atoms with van der Waals surface area (Å²) >= 11 is 0. The molecule has 1 atom stereocenters. The summed E-state index contributed by atoms with van der Waals surface area (Å²) in [5.41, 5.74) is 2.11. The molecule has 28 heavy (non-hydrogen) atoms. The van der Waals surface area contributed by atoms with Gasteiger partial charge < -0.3 is 14.2 Å². The number of carbonyl (C=O) groups is 2. The van der Waals surface area contributed by atoms with Crippen LogP contribution in [0.3, 0.4) is 0 Å². The average Bonchev–Trinajstić information content (AvgIpc) is 3.09. The normalized spacial score (nSPS) is 18.8. The van der Waals surface area contributed by atoms with Crippen LogP contribution in [0.1, 0.15) is 17.9 Å². The third kappa shape index (κ3) is 2.89. The van der Waals surface area contributed by atoms with E-state index in [2.05, 4.69) is 0 Å². The van der Waals surface area contributed by atoms with Crippen molar-refractivity contribution in [1.82, 2.24) is 0 Å². The molecular formula is C21H18FNO5. The van der Waals surface area contributed by atoms with E-state index < -0.39 is 17.7 Å². The SMILES string of the molecule is COc1ccc([C@H]2CC(=O)N(c3ccc(F)cc3)C3=C2C(=O)OC3)c(OC)c1. The first-order chi connectivity index (χ1) is 13.5. The van der Waals surface area contributed by atoms with Gasteiger partial charge in [-0.3, -0.25) is 9.69 Å². The van der Waals surface area contributed by atoms with Crippen LogP contribution in [0.15, 0.2) is 53.7 Å². The van der Waals surface area contributed by atoms with Crippen molar-refractivity contribution >= 4 is 17.6 Å². The van der Waals surface area contributed by atoms with Gasteiger partial charge in [0.1, 0.15) is 23.9 Å². The molecule has 1 amide bonds. The Morgan fingerprint density at radius 3 is 2.50 bits per heavy atom. The monoisotopic (exact) mass is 383 g/mol. The number of rotatable bonds is 4. The van der Waals surface area contributed by atoms with Crippen molar-refractivity contribution in [3.8, 4) is 11.5 Å². The predicted octanol–water partition coefficient (Wildman–Crippen LogP) is 3.17. The van der Waals surface area contributed by atoms with Crippen LogP contribution >= 0.6 is 0 Å². The molecule has 0 unspecified atom stereocenters. The minimum absolute atomic E-state index is 0.00769. The number of hydrogen-bond donors (Lipinski definition) is 0. The van der Waals surface area contributed by atoms with Gasteiger partial charge >= 0.3 is 5.97 Å². The number of cyclic esters (lactones) is 1. The summed E-state index contributed by atoms with van der Waals surface area (Å²) in [6, 6.07) is 10.8. The van der Waals surface area contributed by atoms with E-state index in [9.17, 15) is 14.0 Å². The Balaban J connectivity index is 1.83. The van der Waals surface area contributed by atoms with Crippen LogP contribution in [-0.4, -0.2) is 32.7 Å². The Labute approximate surface area is 161 Å². The number of amides is 1. The molecule has 0 aromatic heterocycles. The predicted molar refractivity (Wildman–Crippen MR) is 98.8 cm³/mol. The molecule has 0 radical (unpaired) electrons. The highest BCUT2D eigenvalue weighted by Crippen LogP contribution is 2.45. The number of ether oxygens (including phenoxy) is 3. The van der Waals surface area contributed by atoms with Crippen LogP contribution in [0.5, 0.6) is 11.5 Å². The smallest absolute Gasteiger partial charge is 0.336 e. The number of benzene rings is 2. The Morgan fingerprint density at radius 2 is 1.82 bits per heavy atom. The molecular weight excluding hydrogens is 365 g/mol. The number of halogens is 1. The van der Waals surface area contributed by atoms with Gasteiger partial charge in [-0.05, 0) is 30.3 Å². The first kappa shape index (κ1) is 18.0. The van der Waals surface area contributed by atoms with Crippen LogP contribution in [0.4, 0.5) is 10.1 Å². The van der Waals surface area contributed by atoms with Gasteiger partial charge in [-0.2, -0.15) is 0 Å². The van der Waals surface area contributed by atoms with Gasteiger partial charge in [0.05, 0.1) is 25.5 Å². The summed E-state index contributed by atoms with van der Waals surface area (Å²) in [7, 11) is 3.07. The Kier molecular flexibility index (Phi) is 4.50. The van der Waals surface area contributed by atoms with E-state index in [1.54, 1.807) is 25.3 Å². The Bertz CT molecular complexity index is 983. The fourth-order valence-electron chi connectivity index (χ4n) is 3.72. The van der Waals surface area contributed by atoms with Crippen LogP contribution in [-0.2, 0) is 14.3 Å². The molecule has 2 aliphatic heterocycles. The fourth-order valence-corrected chi connectivity index (χ4v) is 3.72.